The second-order valence-corrected chi connectivity index (χ2v) is 7.02. The van der Waals surface area contributed by atoms with E-state index in [4.69, 9.17) is 4.74 Å². The van der Waals surface area contributed by atoms with Crippen LogP contribution in [0, 0.1) is 0 Å². The van der Waals surface area contributed by atoms with E-state index in [-0.39, 0.29) is 18.7 Å². The number of hydrogen-bond donors (Lipinski definition) is 1. The van der Waals surface area contributed by atoms with Crippen molar-refractivity contribution in [2.45, 2.75) is 50.5 Å². The molecule has 0 saturated carbocycles. The fraction of sp³-hybridized carbons (Fsp3) is 0.474. The summed E-state index contributed by atoms with van der Waals surface area (Å²) in [6.45, 7) is 0.287. The summed E-state index contributed by atoms with van der Waals surface area (Å²) < 4.78 is 7.29. The van der Waals surface area contributed by atoms with E-state index in [0.29, 0.717) is 17.8 Å². The van der Waals surface area contributed by atoms with Crippen LogP contribution in [0.2, 0.25) is 0 Å². The van der Waals surface area contributed by atoms with Gasteiger partial charge in [-0.15, -0.1) is 0 Å². The minimum absolute atomic E-state index is 0.0904. The van der Waals surface area contributed by atoms with E-state index in [9.17, 15) is 4.79 Å². The number of carbonyl (C=O) groups is 1. The Morgan fingerprint density at radius 1 is 1.20 bits per heavy atom. The van der Waals surface area contributed by atoms with Gasteiger partial charge < -0.3 is 15.0 Å². The molecule has 2 aliphatic rings. The Balaban J connectivity index is 1.32. The van der Waals surface area contributed by atoms with Gasteiger partial charge in [-0.1, -0.05) is 18.2 Å². The van der Waals surface area contributed by atoms with Crippen LogP contribution in [0.5, 0.6) is 5.75 Å². The molecule has 2 aliphatic heterocycles. The van der Waals surface area contributed by atoms with Crippen LogP contribution in [0.3, 0.4) is 0 Å². The third-order valence-electron chi connectivity index (χ3n) is 5.41. The van der Waals surface area contributed by atoms with Crippen LogP contribution in [-0.2, 0) is 6.73 Å². The predicted octanol–water partition coefficient (Wildman–Crippen LogP) is 2.27. The van der Waals surface area contributed by atoms with E-state index in [0.717, 1.165) is 18.6 Å². The van der Waals surface area contributed by atoms with Gasteiger partial charge >= 0.3 is 0 Å². The number of nitrogens with one attached hydrogen (secondary N) is 1. The van der Waals surface area contributed by atoms with E-state index < -0.39 is 0 Å². The molecule has 4 rings (SSSR count). The molecular weight excluding hydrogens is 316 g/mol. The lowest BCUT2D eigenvalue weighted by atomic mass is 9.98. The number of piperidine rings is 1. The zero-order valence-corrected chi connectivity index (χ0v) is 14.5. The number of carbonyl (C=O) groups excluding carboxylic acids is 1. The molecular formula is C19H24N4O2. The van der Waals surface area contributed by atoms with E-state index in [2.05, 4.69) is 22.4 Å². The van der Waals surface area contributed by atoms with Crippen molar-refractivity contribution >= 4 is 5.91 Å². The zero-order chi connectivity index (χ0) is 17.2. The number of fused-ring (bicyclic) bond motifs is 2. The summed E-state index contributed by atoms with van der Waals surface area (Å²) in [4.78, 5) is 14.9. The minimum Gasteiger partial charge on any atom is -0.471 e. The van der Waals surface area contributed by atoms with Gasteiger partial charge in [0.2, 0.25) is 0 Å². The molecule has 0 aliphatic carbocycles. The molecule has 2 atom stereocenters. The SMILES string of the molecule is CN1C2CCC1CC(NC(=O)c1ccn(COc3ccccc3)n1)C2. The molecule has 1 amide bonds. The predicted molar refractivity (Wildman–Crippen MR) is 94.4 cm³/mol. The highest BCUT2D eigenvalue weighted by molar-refractivity contribution is 5.92. The van der Waals surface area contributed by atoms with Crippen LogP contribution >= 0.6 is 0 Å². The highest BCUT2D eigenvalue weighted by Crippen LogP contribution is 2.34. The van der Waals surface area contributed by atoms with Crippen molar-refractivity contribution in [1.29, 1.82) is 0 Å². The molecule has 25 heavy (non-hydrogen) atoms. The maximum atomic E-state index is 12.5. The molecule has 1 N–H and O–H groups in total. The molecule has 6 heteroatoms. The molecule has 2 bridgehead atoms. The monoisotopic (exact) mass is 340 g/mol. The van der Waals surface area contributed by atoms with Gasteiger partial charge in [0, 0.05) is 24.3 Å². The number of benzene rings is 1. The number of amides is 1. The highest BCUT2D eigenvalue weighted by Gasteiger charge is 2.38. The fourth-order valence-electron chi connectivity index (χ4n) is 4.00. The Labute approximate surface area is 147 Å². The maximum Gasteiger partial charge on any atom is 0.271 e. The van der Waals surface area contributed by atoms with Crippen molar-refractivity contribution in [3.05, 3.63) is 48.3 Å². The van der Waals surface area contributed by atoms with Gasteiger partial charge in [0.15, 0.2) is 6.73 Å². The molecule has 2 unspecified atom stereocenters. The Morgan fingerprint density at radius 2 is 1.92 bits per heavy atom. The van der Waals surface area contributed by atoms with Crippen LogP contribution in [-0.4, -0.2) is 45.8 Å². The molecule has 2 saturated heterocycles. The van der Waals surface area contributed by atoms with E-state index in [1.54, 1.807) is 16.9 Å². The van der Waals surface area contributed by atoms with E-state index >= 15 is 0 Å². The number of hydrogen-bond acceptors (Lipinski definition) is 4. The number of nitrogens with zero attached hydrogens (tertiary/aromatic N) is 3. The zero-order valence-electron chi connectivity index (χ0n) is 14.5. The molecule has 1 aromatic heterocycles. The van der Waals surface area contributed by atoms with Crippen molar-refractivity contribution in [3.63, 3.8) is 0 Å². The average molecular weight is 340 g/mol. The molecule has 0 radical (unpaired) electrons. The fourth-order valence-corrected chi connectivity index (χ4v) is 4.00. The van der Waals surface area contributed by atoms with Crippen LogP contribution in [0.4, 0.5) is 0 Å². The summed E-state index contributed by atoms with van der Waals surface area (Å²) in [5, 5.41) is 7.49. The van der Waals surface area contributed by atoms with Crippen LogP contribution < -0.4 is 10.1 Å². The van der Waals surface area contributed by atoms with Gasteiger partial charge in [-0.05, 0) is 50.9 Å². The second-order valence-electron chi connectivity index (χ2n) is 7.02. The number of rotatable bonds is 5. The lowest BCUT2D eigenvalue weighted by Crippen LogP contribution is -2.48. The first-order chi connectivity index (χ1) is 12.2. The molecule has 132 valence electrons. The van der Waals surface area contributed by atoms with E-state index in [1.807, 2.05) is 30.3 Å². The summed E-state index contributed by atoms with van der Waals surface area (Å²) in [7, 11) is 2.20. The lowest BCUT2D eigenvalue weighted by molar-refractivity contribution is 0.0875. The average Bonchev–Trinajstić information content (AvgIpc) is 3.16. The Hall–Kier alpha value is -2.34. The summed E-state index contributed by atoms with van der Waals surface area (Å²) in [6, 6.07) is 12.8. The van der Waals surface area contributed by atoms with Crippen molar-refractivity contribution in [2.24, 2.45) is 0 Å². The van der Waals surface area contributed by atoms with Crippen LogP contribution in [0.15, 0.2) is 42.6 Å². The lowest BCUT2D eigenvalue weighted by Gasteiger charge is -2.36. The summed E-state index contributed by atoms with van der Waals surface area (Å²) in [6.07, 6.45) is 6.35. The van der Waals surface area contributed by atoms with Crippen molar-refractivity contribution in [1.82, 2.24) is 20.0 Å². The highest BCUT2D eigenvalue weighted by atomic mass is 16.5. The quantitative estimate of drug-likeness (QED) is 0.907. The molecule has 2 aromatic rings. The normalized spacial score (nSPS) is 25.7. The Bertz CT molecular complexity index is 716. The smallest absolute Gasteiger partial charge is 0.271 e. The van der Waals surface area contributed by atoms with Gasteiger partial charge in [0.1, 0.15) is 11.4 Å². The summed E-state index contributed by atoms with van der Waals surface area (Å²) in [5.74, 6) is 0.693. The Morgan fingerprint density at radius 3 is 2.64 bits per heavy atom. The van der Waals surface area contributed by atoms with Gasteiger partial charge in [0.05, 0.1) is 0 Å². The second kappa shape index (κ2) is 6.88. The minimum atomic E-state index is -0.0904. The van der Waals surface area contributed by atoms with Crippen molar-refractivity contribution in [2.75, 3.05) is 7.05 Å². The molecule has 2 fully saturated rings. The van der Waals surface area contributed by atoms with Crippen LogP contribution in [0.25, 0.3) is 0 Å². The first-order valence-corrected chi connectivity index (χ1v) is 8.93. The molecule has 3 heterocycles. The first-order valence-electron chi connectivity index (χ1n) is 8.93. The molecule has 1 aromatic carbocycles. The van der Waals surface area contributed by atoms with E-state index in [1.165, 1.54) is 12.8 Å². The number of para-hydroxylation sites is 1. The standard InChI is InChI=1S/C19H24N4O2/c1-22-15-7-8-16(22)12-14(11-15)20-19(24)18-9-10-23(21-18)13-25-17-5-3-2-4-6-17/h2-6,9-10,14-16H,7-8,11-13H2,1H3,(H,20,24). The summed E-state index contributed by atoms with van der Waals surface area (Å²) in [5.41, 5.74) is 0.447. The maximum absolute atomic E-state index is 12.5. The molecule has 6 nitrogen and oxygen atoms in total. The van der Waals surface area contributed by atoms with Crippen molar-refractivity contribution < 1.29 is 9.53 Å². The van der Waals surface area contributed by atoms with Gasteiger partial charge in [0.25, 0.3) is 5.91 Å². The van der Waals surface area contributed by atoms with Crippen LogP contribution in [0.1, 0.15) is 36.2 Å². The third-order valence-corrected chi connectivity index (χ3v) is 5.41. The van der Waals surface area contributed by atoms with Gasteiger partial charge in [-0.3, -0.25) is 4.79 Å². The number of aromatic nitrogens is 2. The Kier molecular flexibility index (Phi) is 4.44. The third kappa shape index (κ3) is 3.54. The topological polar surface area (TPSA) is 59.4 Å². The first kappa shape index (κ1) is 16.1. The van der Waals surface area contributed by atoms with Gasteiger partial charge in [-0.25, -0.2) is 4.68 Å². The largest absolute Gasteiger partial charge is 0.471 e. The number of ether oxygens (including phenoxy) is 1. The van der Waals surface area contributed by atoms with Gasteiger partial charge in [-0.2, -0.15) is 5.10 Å². The summed E-state index contributed by atoms with van der Waals surface area (Å²) >= 11 is 0. The molecule has 0 spiro atoms. The van der Waals surface area contributed by atoms with Crippen molar-refractivity contribution in [3.8, 4) is 5.75 Å².